The summed E-state index contributed by atoms with van der Waals surface area (Å²) in [5.41, 5.74) is 8.96. The van der Waals surface area contributed by atoms with Gasteiger partial charge in [-0.1, -0.05) is 54.1 Å². The molecule has 0 bridgehead atoms. The number of anilines is 1. The van der Waals surface area contributed by atoms with E-state index >= 15 is 0 Å². The molecule has 0 fully saturated rings. The van der Waals surface area contributed by atoms with Crippen LogP contribution in [0.3, 0.4) is 0 Å². The summed E-state index contributed by atoms with van der Waals surface area (Å²) in [4.78, 5) is 22.5. The molecule has 13 heteroatoms. The number of hydrogen-bond acceptors (Lipinski definition) is 9. The molecule has 0 saturated heterocycles. The predicted molar refractivity (Wildman–Crippen MR) is 182 cm³/mol. The number of rotatable bonds is 8. The number of carbonyl (C=O) groups is 1. The van der Waals surface area contributed by atoms with Crippen LogP contribution < -0.4 is 10.1 Å². The van der Waals surface area contributed by atoms with Crippen LogP contribution in [-0.4, -0.2) is 40.1 Å². The Morgan fingerprint density at radius 2 is 1.74 bits per heavy atom. The van der Waals surface area contributed by atoms with Crippen LogP contribution in [-0.2, 0) is 10.0 Å². The number of oxazole rings is 1. The lowest BCUT2D eigenvalue weighted by Crippen LogP contribution is -2.19. The van der Waals surface area contributed by atoms with Crippen LogP contribution in [0.2, 0.25) is 0 Å². The third kappa shape index (κ3) is 5.93. The Balaban J connectivity index is 1.15. The van der Waals surface area contributed by atoms with Crippen LogP contribution >= 0.6 is 11.8 Å². The van der Waals surface area contributed by atoms with Crippen LogP contribution in [0.5, 0.6) is 0 Å². The highest BCUT2D eigenvalue weighted by Gasteiger charge is 2.19. The number of para-hydroxylation sites is 3. The maximum Gasteiger partial charge on any atom is 0.271 e. The zero-order chi connectivity index (χ0) is 32.7. The number of fused-ring (bicyclic) bond motifs is 4. The molecule has 7 rings (SSSR count). The molecular formula is C34H27N7O4S2. The number of benzene rings is 4. The first kappa shape index (κ1) is 30.1. The number of hydrazone groups is 1. The molecule has 1 amide bonds. The van der Waals surface area contributed by atoms with Gasteiger partial charge in [0.1, 0.15) is 10.5 Å². The van der Waals surface area contributed by atoms with Gasteiger partial charge in [0, 0.05) is 10.9 Å². The highest BCUT2D eigenvalue weighted by Crippen LogP contribution is 2.34. The van der Waals surface area contributed by atoms with Gasteiger partial charge >= 0.3 is 0 Å². The third-order valence-corrected chi connectivity index (χ3v) is 9.72. The third-order valence-electron chi connectivity index (χ3n) is 7.50. The summed E-state index contributed by atoms with van der Waals surface area (Å²) >= 11 is 1.31. The number of amides is 1. The lowest BCUT2D eigenvalue weighted by molar-refractivity contribution is 0.0955. The summed E-state index contributed by atoms with van der Waals surface area (Å²) in [6.45, 7) is 5.59. The van der Waals surface area contributed by atoms with Gasteiger partial charge in [0.25, 0.3) is 21.2 Å². The minimum Gasteiger partial charge on any atom is -0.431 e. The first-order chi connectivity index (χ1) is 22.7. The van der Waals surface area contributed by atoms with Crippen molar-refractivity contribution in [2.24, 2.45) is 5.10 Å². The second-order valence-electron chi connectivity index (χ2n) is 10.9. The number of nitrogens with one attached hydrogen (secondary N) is 2. The largest absolute Gasteiger partial charge is 0.431 e. The summed E-state index contributed by atoms with van der Waals surface area (Å²) in [6.07, 6.45) is 1.48. The Labute approximate surface area is 273 Å². The van der Waals surface area contributed by atoms with Gasteiger partial charge < -0.3 is 4.42 Å². The molecule has 3 heterocycles. The van der Waals surface area contributed by atoms with E-state index in [1.54, 1.807) is 10.6 Å². The average Bonchev–Trinajstić information content (AvgIpc) is 3.62. The molecule has 0 unspecified atom stereocenters. The molecule has 0 saturated carbocycles. The first-order valence-corrected chi connectivity index (χ1v) is 16.8. The molecule has 7 aromatic rings. The Kier molecular flexibility index (Phi) is 7.70. The average molecular weight is 662 g/mol. The molecule has 2 N–H and O–H groups in total. The number of aromatic nitrogens is 4. The Morgan fingerprint density at radius 1 is 0.936 bits per heavy atom. The molecule has 0 atom stereocenters. The topological polar surface area (TPSA) is 144 Å². The van der Waals surface area contributed by atoms with Crippen LogP contribution in [0.25, 0.3) is 27.6 Å². The van der Waals surface area contributed by atoms with Gasteiger partial charge in [-0.15, -0.1) is 0 Å². The molecular weight excluding hydrogens is 635 g/mol. The van der Waals surface area contributed by atoms with Gasteiger partial charge in [0.2, 0.25) is 0 Å². The summed E-state index contributed by atoms with van der Waals surface area (Å²) in [7, 11) is -3.94. The second-order valence-corrected chi connectivity index (χ2v) is 13.5. The van der Waals surface area contributed by atoms with Crippen LogP contribution in [0.15, 0.2) is 116 Å². The smallest absolute Gasteiger partial charge is 0.271 e. The van der Waals surface area contributed by atoms with Crippen LogP contribution in [0, 0.1) is 20.8 Å². The fourth-order valence-corrected chi connectivity index (χ4v) is 7.19. The Bertz CT molecular complexity index is 2450. The van der Waals surface area contributed by atoms with Crippen molar-refractivity contribution in [2.45, 2.75) is 35.9 Å². The van der Waals surface area contributed by atoms with E-state index in [9.17, 15) is 13.2 Å². The zero-order valence-electron chi connectivity index (χ0n) is 25.4. The minimum atomic E-state index is -3.94. The molecule has 0 aliphatic carbocycles. The lowest BCUT2D eigenvalue weighted by Gasteiger charge is -2.12. The molecule has 47 heavy (non-hydrogen) atoms. The van der Waals surface area contributed by atoms with E-state index < -0.39 is 15.9 Å². The minimum absolute atomic E-state index is 0.0485. The highest BCUT2D eigenvalue weighted by molar-refractivity contribution is 7.99. The van der Waals surface area contributed by atoms with E-state index in [0.717, 1.165) is 27.5 Å². The fourth-order valence-electron chi connectivity index (χ4n) is 5.16. The summed E-state index contributed by atoms with van der Waals surface area (Å²) < 4.78 is 36.5. The van der Waals surface area contributed by atoms with Crippen molar-refractivity contribution in [2.75, 3.05) is 4.72 Å². The Morgan fingerprint density at radius 3 is 2.57 bits per heavy atom. The van der Waals surface area contributed by atoms with Crippen LogP contribution in [0.1, 0.15) is 32.7 Å². The molecule has 3 aromatic heterocycles. The van der Waals surface area contributed by atoms with Crippen molar-refractivity contribution in [3.8, 4) is 0 Å². The monoisotopic (exact) mass is 661 g/mol. The molecule has 0 radical (unpaired) electrons. The van der Waals surface area contributed by atoms with E-state index in [-0.39, 0.29) is 10.5 Å². The fraction of sp³-hybridized carbons (Fsp3) is 0.0882. The number of carbonyl (C=O) groups excluding carboxylic acids is 1. The van der Waals surface area contributed by atoms with Crippen molar-refractivity contribution >= 4 is 67.2 Å². The molecule has 0 aliphatic rings. The van der Waals surface area contributed by atoms with Gasteiger partial charge in [-0.25, -0.2) is 28.3 Å². The summed E-state index contributed by atoms with van der Waals surface area (Å²) in [6, 6.07) is 26.5. The zero-order valence-corrected chi connectivity index (χ0v) is 27.1. The maximum absolute atomic E-state index is 13.1. The van der Waals surface area contributed by atoms with E-state index in [4.69, 9.17) is 14.5 Å². The number of sulfonamides is 1. The van der Waals surface area contributed by atoms with Gasteiger partial charge in [-0.2, -0.15) is 10.2 Å². The van der Waals surface area contributed by atoms with E-state index in [1.165, 1.54) is 42.2 Å². The molecule has 0 aliphatic heterocycles. The van der Waals surface area contributed by atoms with E-state index in [2.05, 4.69) is 20.2 Å². The lowest BCUT2D eigenvalue weighted by atomic mass is 10.1. The normalized spacial score (nSPS) is 12.0. The van der Waals surface area contributed by atoms with Gasteiger partial charge in [0.15, 0.2) is 11.2 Å². The standard InChI is InChI=1S/C34H27N7O4S2/c1-20-15-16-27(21(2)17-20)40-47(43,44)24-10-8-9-23(18-24)32(42)38-35-19-26-22(3)39-41-29-13-6-4-11-25(29)33(37-31(26)41)46-34-36-28-12-5-7-14-30(28)45-34/h4-19,40H,1-3H3,(H,38,42)/b35-19+. The predicted octanol–water partition coefficient (Wildman–Crippen LogP) is 6.66. The number of aryl methyl sites for hydroxylation is 3. The summed E-state index contributed by atoms with van der Waals surface area (Å²) in [5.74, 6) is -0.579. The van der Waals surface area contributed by atoms with E-state index in [0.29, 0.717) is 38.4 Å². The van der Waals surface area contributed by atoms with Crippen LogP contribution in [0.4, 0.5) is 5.69 Å². The van der Waals surface area contributed by atoms with Crippen molar-refractivity contribution in [1.82, 2.24) is 25.0 Å². The first-order valence-electron chi connectivity index (χ1n) is 14.5. The van der Waals surface area contributed by atoms with Crippen molar-refractivity contribution < 1.29 is 17.6 Å². The quantitative estimate of drug-likeness (QED) is 0.105. The number of hydrogen-bond donors (Lipinski definition) is 2. The van der Waals surface area contributed by atoms with Gasteiger partial charge in [-0.3, -0.25) is 9.52 Å². The second kappa shape index (κ2) is 12.0. The van der Waals surface area contributed by atoms with Crippen molar-refractivity contribution in [3.63, 3.8) is 0 Å². The Hall–Kier alpha value is -5.53. The molecule has 4 aromatic carbocycles. The van der Waals surface area contributed by atoms with Crippen molar-refractivity contribution in [1.29, 1.82) is 0 Å². The van der Waals surface area contributed by atoms with E-state index in [1.807, 2.05) is 81.4 Å². The highest BCUT2D eigenvalue weighted by atomic mass is 32.2. The summed E-state index contributed by atoms with van der Waals surface area (Å²) in [5, 5.41) is 10.9. The number of nitrogens with zero attached hydrogens (tertiary/aromatic N) is 5. The molecule has 234 valence electrons. The molecule has 11 nitrogen and oxygen atoms in total. The van der Waals surface area contributed by atoms with Gasteiger partial charge in [0.05, 0.1) is 33.6 Å². The van der Waals surface area contributed by atoms with Crippen molar-refractivity contribution in [3.05, 3.63) is 119 Å². The molecule has 0 spiro atoms. The SMILES string of the molecule is Cc1ccc(NS(=O)(=O)c2cccc(C(=O)N/N=C/c3c(C)nn4c3nc(Sc3nc5ccccc5o3)c3ccccc34)c2)c(C)c1. The maximum atomic E-state index is 13.1. The van der Waals surface area contributed by atoms with Gasteiger partial charge in [-0.05, 0) is 80.6 Å².